The summed E-state index contributed by atoms with van der Waals surface area (Å²) in [5.41, 5.74) is 5.96. The first-order valence-electron chi connectivity index (χ1n) is 3.82. The van der Waals surface area contributed by atoms with Gasteiger partial charge in [-0.15, -0.1) is 11.3 Å². The number of alkyl halides is 2. The molecule has 1 aromatic heterocycles. The summed E-state index contributed by atoms with van der Waals surface area (Å²) in [5.74, 6) is -0.755. The van der Waals surface area contributed by atoms with Crippen LogP contribution in [-0.4, -0.2) is 19.0 Å². The number of carbonyl (C=O) groups is 1. The lowest BCUT2D eigenvalue weighted by atomic mass is 10.4. The topological polar surface area (TPSA) is 52.3 Å². The summed E-state index contributed by atoms with van der Waals surface area (Å²) >= 11 is 1.13. The third-order valence-corrected chi connectivity index (χ3v) is 2.54. The van der Waals surface area contributed by atoms with Crippen LogP contribution in [-0.2, 0) is 4.74 Å². The zero-order chi connectivity index (χ0) is 10.7. The average Bonchev–Trinajstić information content (AvgIpc) is 2.43. The van der Waals surface area contributed by atoms with E-state index in [9.17, 15) is 13.6 Å². The number of nitrogens with two attached hydrogens (primary N) is 1. The summed E-state index contributed by atoms with van der Waals surface area (Å²) in [6.45, 7) is 0.861. The Bertz CT molecular complexity index is 319. The Balaban J connectivity index is 2.61. The van der Waals surface area contributed by atoms with Crippen LogP contribution < -0.4 is 5.73 Å². The highest BCUT2D eigenvalue weighted by atomic mass is 32.1. The SMILES string of the molecule is Cc1sc(C(=O)OCC(F)F)cc1N. The zero-order valence-electron chi connectivity index (χ0n) is 7.42. The van der Waals surface area contributed by atoms with Gasteiger partial charge in [0.05, 0.1) is 0 Å². The van der Waals surface area contributed by atoms with Crippen LogP contribution in [0.3, 0.4) is 0 Å². The van der Waals surface area contributed by atoms with Crippen LogP contribution in [0.1, 0.15) is 14.5 Å². The normalized spacial score (nSPS) is 10.6. The number of esters is 1. The van der Waals surface area contributed by atoms with Crippen LogP contribution in [0.15, 0.2) is 6.07 Å². The monoisotopic (exact) mass is 221 g/mol. The van der Waals surface area contributed by atoms with Gasteiger partial charge >= 0.3 is 5.97 Å². The van der Waals surface area contributed by atoms with Crippen LogP contribution in [0.5, 0.6) is 0 Å². The van der Waals surface area contributed by atoms with E-state index >= 15 is 0 Å². The van der Waals surface area contributed by atoms with Crippen molar-refractivity contribution in [2.75, 3.05) is 12.3 Å². The first-order valence-corrected chi connectivity index (χ1v) is 4.63. The molecule has 3 nitrogen and oxygen atoms in total. The number of anilines is 1. The molecule has 0 aromatic carbocycles. The lowest BCUT2D eigenvalue weighted by Crippen LogP contribution is -2.10. The molecule has 1 aromatic rings. The number of aryl methyl sites for hydroxylation is 1. The van der Waals surface area contributed by atoms with Crippen LogP contribution in [0.4, 0.5) is 14.5 Å². The number of nitrogen functional groups attached to an aromatic ring is 1. The molecular formula is C8H9F2NO2S. The molecule has 6 heteroatoms. The second-order valence-electron chi connectivity index (χ2n) is 2.61. The number of hydrogen-bond acceptors (Lipinski definition) is 4. The standard InChI is InChI=1S/C8H9F2NO2S/c1-4-5(11)2-6(14-4)8(12)13-3-7(9)10/h2,7H,3,11H2,1H3. The third-order valence-electron chi connectivity index (χ3n) is 1.50. The molecule has 0 aliphatic carbocycles. The minimum Gasteiger partial charge on any atom is -0.455 e. The molecule has 0 aliphatic heterocycles. The Morgan fingerprint density at radius 1 is 1.71 bits per heavy atom. The van der Waals surface area contributed by atoms with Crippen molar-refractivity contribution in [3.8, 4) is 0 Å². The first kappa shape index (κ1) is 10.9. The van der Waals surface area contributed by atoms with Gasteiger partial charge < -0.3 is 10.5 Å². The highest BCUT2D eigenvalue weighted by molar-refractivity contribution is 7.14. The lowest BCUT2D eigenvalue weighted by molar-refractivity contribution is 0.0164. The van der Waals surface area contributed by atoms with Crippen molar-refractivity contribution < 1.29 is 18.3 Å². The van der Waals surface area contributed by atoms with Gasteiger partial charge in [0, 0.05) is 10.6 Å². The predicted octanol–water partition coefficient (Wildman–Crippen LogP) is 2.06. The number of thiophene rings is 1. The van der Waals surface area contributed by atoms with E-state index in [1.807, 2.05) is 0 Å². The maximum absolute atomic E-state index is 11.7. The van der Waals surface area contributed by atoms with Crippen LogP contribution in [0.25, 0.3) is 0 Å². The van der Waals surface area contributed by atoms with Crippen molar-refractivity contribution in [2.45, 2.75) is 13.3 Å². The highest BCUT2D eigenvalue weighted by Crippen LogP contribution is 2.23. The molecule has 0 saturated heterocycles. The Hall–Kier alpha value is -1.17. The van der Waals surface area contributed by atoms with Gasteiger partial charge in [0.1, 0.15) is 4.88 Å². The Labute approximate surface area is 83.5 Å². The smallest absolute Gasteiger partial charge is 0.348 e. The zero-order valence-corrected chi connectivity index (χ0v) is 8.24. The molecule has 0 spiro atoms. The van der Waals surface area contributed by atoms with E-state index in [-0.39, 0.29) is 4.88 Å². The summed E-state index contributed by atoms with van der Waals surface area (Å²) < 4.78 is 27.7. The number of ether oxygens (including phenoxy) is 1. The molecular weight excluding hydrogens is 212 g/mol. The fraction of sp³-hybridized carbons (Fsp3) is 0.375. The minimum atomic E-state index is -2.64. The largest absolute Gasteiger partial charge is 0.455 e. The van der Waals surface area contributed by atoms with Gasteiger partial charge in [-0.1, -0.05) is 0 Å². The third kappa shape index (κ3) is 2.66. The van der Waals surface area contributed by atoms with Gasteiger partial charge in [-0.05, 0) is 13.0 Å². The first-order chi connectivity index (χ1) is 6.50. The molecule has 2 N–H and O–H groups in total. The van der Waals surface area contributed by atoms with E-state index in [4.69, 9.17) is 5.73 Å². The second-order valence-corrected chi connectivity index (χ2v) is 3.87. The van der Waals surface area contributed by atoms with Gasteiger partial charge in [0.2, 0.25) is 0 Å². The van der Waals surface area contributed by atoms with E-state index in [2.05, 4.69) is 4.74 Å². The lowest BCUT2D eigenvalue weighted by Gasteiger charge is -2.00. The fourth-order valence-electron chi connectivity index (χ4n) is 0.807. The summed E-state index contributed by atoms with van der Waals surface area (Å²) in [7, 11) is 0. The average molecular weight is 221 g/mol. The number of rotatable bonds is 3. The summed E-state index contributed by atoms with van der Waals surface area (Å²) in [6, 6.07) is 1.42. The van der Waals surface area contributed by atoms with Crippen molar-refractivity contribution in [1.82, 2.24) is 0 Å². The summed E-state index contributed by atoms with van der Waals surface area (Å²) in [4.78, 5) is 12.1. The molecule has 0 saturated carbocycles. The molecule has 0 bridgehead atoms. The Morgan fingerprint density at radius 2 is 2.36 bits per heavy atom. The van der Waals surface area contributed by atoms with Crippen LogP contribution in [0, 0.1) is 6.92 Å². The van der Waals surface area contributed by atoms with Gasteiger partial charge in [-0.25, -0.2) is 13.6 Å². The van der Waals surface area contributed by atoms with Crippen molar-refractivity contribution in [1.29, 1.82) is 0 Å². The summed E-state index contributed by atoms with van der Waals surface area (Å²) in [5, 5.41) is 0. The number of halogens is 2. The van der Waals surface area contributed by atoms with Gasteiger partial charge in [-0.2, -0.15) is 0 Å². The minimum absolute atomic E-state index is 0.251. The van der Waals surface area contributed by atoms with E-state index in [1.54, 1.807) is 6.92 Å². The van der Waals surface area contributed by atoms with E-state index in [1.165, 1.54) is 6.07 Å². The molecule has 0 fully saturated rings. The molecule has 0 atom stereocenters. The van der Waals surface area contributed by atoms with Gasteiger partial charge in [0.25, 0.3) is 6.43 Å². The molecule has 0 aliphatic rings. The number of hydrogen-bond donors (Lipinski definition) is 1. The van der Waals surface area contributed by atoms with E-state index < -0.39 is 19.0 Å². The molecule has 14 heavy (non-hydrogen) atoms. The quantitative estimate of drug-likeness (QED) is 0.795. The van der Waals surface area contributed by atoms with Gasteiger partial charge in [-0.3, -0.25) is 0 Å². The van der Waals surface area contributed by atoms with E-state index in [0.717, 1.165) is 16.2 Å². The second kappa shape index (κ2) is 4.36. The van der Waals surface area contributed by atoms with Crippen molar-refractivity contribution >= 4 is 23.0 Å². The number of carbonyl (C=O) groups excluding carboxylic acids is 1. The fourth-order valence-corrected chi connectivity index (χ4v) is 1.64. The van der Waals surface area contributed by atoms with Crippen LogP contribution >= 0.6 is 11.3 Å². The highest BCUT2D eigenvalue weighted by Gasteiger charge is 2.14. The van der Waals surface area contributed by atoms with Gasteiger partial charge in [0.15, 0.2) is 6.61 Å². The predicted molar refractivity (Wildman–Crippen MR) is 49.8 cm³/mol. The molecule has 1 rings (SSSR count). The van der Waals surface area contributed by atoms with E-state index in [0.29, 0.717) is 5.69 Å². The van der Waals surface area contributed by atoms with Crippen LogP contribution in [0.2, 0.25) is 0 Å². The van der Waals surface area contributed by atoms with Crippen molar-refractivity contribution in [3.63, 3.8) is 0 Å². The van der Waals surface area contributed by atoms with Crippen molar-refractivity contribution in [3.05, 3.63) is 15.8 Å². The van der Waals surface area contributed by atoms with Crippen molar-refractivity contribution in [2.24, 2.45) is 0 Å². The molecule has 0 unspecified atom stereocenters. The molecule has 78 valence electrons. The molecule has 0 amide bonds. The molecule has 0 radical (unpaired) electrons. The Kier molecular flexibility index (Phi) is 3.40. The Morgan fingerprint density at radius 3 is 2.79 bits per heavy atom. The maximum Gasteiger partial charge on any atom is 0.348 e. The molecule has 1 heterocycles. The summed E-state index contributed by atoms with van der Waals surface area (Å²) in [6.07, 6.45) is -2.64. The maximum atomic E-state index is 11.7.